The molecule has 6 heteroatoms. The number of benzene rings is 1. The van der Waals surface area contributed by atoms with Crippen LogP contribution >= 0.6 is 0 Å². The summed E-state index contributed by atoms with van der Waals surface area (Å²) in [6.07, 6.45) is 7.46. The van der Waals surface area contributed by atoms with E-state index in [1.165, 1.54) is 11.8 Å². The zero-order valence-electron chi connectivity index (χ0n) is 13.9. The number of hydrogen-bond donors (Lipinski definition) is 2. The van der Waals surface area contributed by atoms with Crippen molar-refractivity contribution < 1.29 is 4.79 Å². The topological polar surface area (TPSA) is 79.8 Å². The molecule has 0 saturated heterocycles. The molecule has 0 spiro atoms. The summed E-state index contributed by atoms with van der Waals surface area (Å²) in [7, 11) is 0. The lowest BCUT2D eigenvalue weighted by molar-refractivity contribution is 0.102. The Bertz CT molecular complexity index is 817. The number of carbonyl (C=O) groups excluding carboxylic acids is 1. The molecule has 6 nitrogen and oxygen atoms in total. The molecule has 0 bridgehead atoms. The first-order valence-electron chi connectivity index (χ1n) is 8.09. The number of hydrogen-bond acceptors (Lipinski definition) is 5. The molecule has 0 saturated carbocycles. The number of pyridine rings is 1. The van der Waals surface area contributed by atoms with Gasteiger partial charge in [-0.2, -0.15) is 0 Å². The van der Waals surface area contributed by atoms with Gasteiger partial charge in [-0.05, 0) is 41.8 Å². The molecule has 0 aliphatic heterocycles. The van der Waals surface area contributed by atoms with Gasteiger partial charge in [-0.3, -0.25) is 9.78 Å². The Kier molecular flexibility index (Phi) is 5.31. The summed E-state index contributed by atoms with van der Waals surface area (Å²) in [5.41, 5.74) is 3.33. The number of nitrogens with zero attached hydrogens (tertiary/aromatic N) is 3. The van der Waals surface area contributed by atoms with Crippen molar-refractivity contribution in [2.45, 2.75) is 19.9 Å². The van der Waals surface area contributed by atoms with Gasteiger partial charge in [-0.15, -0.1) is 0 Å². The fourth-order valence-electron chi connectivity index (χ4n) is 2.25. The van der Waals surface area contributed by atoms with E-state index in [1.807, 2.05) is 36.4 Å². The van der Waals surface area contributed by atoms with E-state index in [0.29, 0.717) is 12.4 Å². The summed E-state index contributed by atoms with van der Waals surface area (Å²) in [6.45, 7) is 2.71. The summed E-state index contributed by atoms with van der Waals surface area (Å²) >= 11 is 0. The van der Waals surface area contributed by atoms with Crippen LogP contribution in [0.15, 0.2) is 61.2 Å². The van der Waals surface area contributed by atoms with Crippen LogP contribution in [0.5, 0.6) is 0 Å². The third-order valence-corrected chi connectivity index (χ3v) is 3.73. The Morgan fingerprint density at radius 3 is 2.36 bits per heavy atom. The van der Waals surface area contributed by atoms with Gasteiger partial charge in [0.2, 0.25) is 0 Å². The molecule has 0 aliphatic rings. The minimum absolute atomic E-state index is 0.272. The third kappa shape index (κ3) is 4.60. The Morgan fingerprint density at radius 2 is 1.72 bits per heavy atom. The van der Waals surface area contributed by atoms with E-state index in [4.69, 9.17) is 0 Å². The number of amides is 1. The van der Waals surface area contributed by atoms with E-state index in [2.05, 4.69) is 32.5 Å². The van der Waals surface area contributed by atoms with Crippen LogP contribution in [0.3, 0.4) is 0 Å². The van der Waals surface area contributed by atoms with Gasteiger partial charge < -0.3 is 10.6 Å². The van der Waals surface area contributed by atoms with E-state index in [0.717, 1.165) is 17.7 Å². The van der Waals surface area contributed by atoms with Crippen molar-refractivity contribution in [2.75, 3.05) is 10.6 Å². The van der Waals surface area contributed by atoms with Crippen molar-refractivity contribution in [2.24, 2.45) is 0 Å². The van der Waals surface area contributed by atoms with E-state index in [-0.39, 0.29) is 11.6 Å². The number of rotatable bonds is 6. The second-order valence-electron chi connectivity index (χ2n) is 5.50. The van der Waals surface area contributed by atoms with Gasteiger partial charge in [0, 0.05) is 24.6 Å². The molecule has 3 aromatic rings. The molecule has 25 heavy (non-hydrogen) atoms. The first kappa shape index (κ1) is 16.6. The standard InChI is InChI=1S/C19H19N5O/c1-2-14-3-5-16(6-4-14)24-19(25)17-12-23-18(13-21-17)22-11-15-7-9-20-10-8-15/h3-10,12-13H,2,11H2,1H3,(H,22,23)(H,24,25). The van der Waals surface area contributed by atoms with Crippen LogP contribution in [0.4, 0.5) is 11.5 Å². The van der Waals surface area contributed by atoms with Crippen LogP contribution in [-0.2, 0) is 13.0 Å². The predicted octanol–water partition coefficient (Wildman–Crippen LogP) is 3.30. The zero-order chi connectivity index (χ0) is 17.5. The maximum absolute atomic E-state index is 12.2. The van der Waals surface area contributed by atoms with Gasteiger partial charge in [0.1, 0.15) is 11.5 Å². The molecule has 0 fully saturated rings. The van der Waals surface area contributed by atoms with Crippen LogP contribution in [0.1, 0.15) is 28.5 Å². The molecule has 2 aromatic heterocycles. The minimum atomic E-state index is -0.280. The number of aromatic nitrogens is 3. The van der Waals surface area contributed by atoms with Crippen molar-refractivity contribution in [1.29, 1.82) is 0 Å². The maximum Gasteiger partial charge on any atom is 0.275 e. The van der Waals surface area contributed by atoms with Crippen molar-refractivity contribution in [3.63, 3.8) is 0 Å². The summed E-state index contributed by atoms with van der Waals surface area (Å²) in [5, 5.41) is 5.97. The largest absolute Gasteiger partial charge is 0.365 e. The monoisotopic (exact) mass is 333 g/mol. The quantitative estimate of drug-likeness (QED) is 0.723. The molecule has 3 rings (SSSR count). The summed E-state index contributed by atoms with van der Waals surface area (Å²) in [4.78, 5) is 24.6. The lowest BCUT2D eigenvalue weighted by Gasteiger charge is -2.07. The number of nitrogens with one attached hydrogen (secondary N) is 2. The Balaban J connectivity index is 1.58. The number of aryl methyl sites for hydroxylation is 1. The van der Waals surface area contributed by atoms with Gasteiger partial charge >= 0.3 is 0 Å². The second-order valence-corrected chi connectivity index (χ2v) is 5.50. The minimum Gasteiger partial charge on any atom is -0.365 e. The molecule has 126 valence electrons. The van der Waals surface area contributed by atoms with Gasteiger partial charge in [-0.25, -0.2) is 9.97 Å². The summed E-state index contributed by atoms with van der Waals surface area (Å²) in [5.74, 6) is 0.332. The normalized spacial score (nSPS) is 10.3. The molecule has 0 unspecified atom stereocenters. The van der Waals surface area contributed by atoms with Crippen LogP contribution in [-0.4, -0.2) is 20.9 Å². The molecular weight excluding hydrogens is 314 g/mol. The molecule has 1 amide bonds. The summed E-state index contributed by atoms with van der Waals surface area (Å²) in [6, 6.07) is 11.6. The van der Waals surface area contributed by atoms with Crippen LogP contribution in [0, 0.1) is 0 Å². The van der Waals surface area contributed by atoms with Gasteiger partial charge in [0.15, 0.2) is 0 Å². The Hall–Kier alpha value is -3.28. The molecular formula is C19H19N5O. The van der Waals surface area contributed by atoms with E-state index >= 15 is 0 Å². The van der Waals surface area contributed by atoms with Crippen LogP contribution < -0.4 is 10.6 Å². The highest BCUT2D eigenvalue weighted by Gasteiger charge is 2.08. The zero-order valence-corrected chi connectivity index (χ0v) is 13.9. The van der Waals surface area contributed by atoms with Crippen molar-refractivity contribution in [3.05, 3.63) is 78.0 Å². The summed E-state index contributed by atoms with van der Waals surface area (Å²) < 4.78 is 0. The lowest BCUT2D eigenvalue weighted by Crippen LogP contribution is -2.14. The van der Waals surface area contributed by atoms with Crippen molar-refractivity contribution >= 4 is 17.4 Å². The highest BCUT2D eigenvalue weighted by molar-refractivity contribution is 6.02. The Labute approximate surface area is 146 Å². The first-order chi connectivity index (χ1) is 12.2. The molecule has 0 atom stereocenters. The first-order valence-corrected chi connectivity index (χ1v) is 8.09. The van der Waals surface area contributed by atoms with E-state index in [9.17, 15) is 4.79 Å². The van der Waals surface area contributed by atoms with E-state index in [1.54, 1.807) is 18.6 Å². The fourth-order valence-corrected chi connectivity index (χ4v) is 2.25. The highest BCUT2D eigenvalue weighted by atomic mass is 16.1. The molecule has 2 N–H and O–H groups in total. The third-order valence-electron chi connectivity index (χ3n) is 3.73. The van der Waals surface area contributed by atoms with Gasteiger partial charge in [-0.1, -0.05) is 19.1 Å². The fraction of sp³-hybridized carbons (Fsp3) is 0.158. The van der Waals surface area contributed by atoms with Crippen molar-refractivity contribution in [1.82, 2.24) is 15.0 Å². The molecule has 0 aliphatic carbocycles. The molecule has 2 heterocycles. The maximum atomic E-state index is 12.2. The second kappa shape index (κ2) is 8.01. The average Bonchev–Trinajstić information content (AvgIpc) is 2.68. The van der Waals surface area contributed by atoms with Gasteiger partial charge in [0.25, 0.3) is 5.91 Å². The van der Waals surface area contributed by atoms with Crippen molar-refractivity contribution in [3.8, 4) is 0 Å². The average molecular weight is 333 g/mol. The Morgan fingerprint density at radius 1 is 0.960 bits per heavy atom. The number of anilines is 2. The number of carbonyl (C=O) groups is 1. The van der Waals surface area contributed by atoms with E-state index < -0.39 is 0 Å². The molecule has 0 radical (unpaired) electrons. The predicted molar refractivity (Wildman–Crippen MR) is 97.4 cm³/mol. The smallest absolute Gasteiger partial charge is 0.275 e. The van der Waals surface area contributed by atoms with Crippen LogP contribution in [0.2, 0.25) is 0 Å². The van der Waals surface area contributed by atoms with Crippen LogP contribution in [0.25, 0.3) is 0 Å². The highest BCUT2D eigenvalue weighted by Crippen LogP contribution is 2.11. The van der Waals surface area contributed by atoms with Gasteiger partial charge in [0.05, 0.1) is 12.4 Å². The SMILES string of the molecule is CCc1ccc(NC(=O)c2cnc(NCc3ccncc3)cn2)cc1. The molecule has 1 aromatic carbocycles. The lowest BCUT2D eigenvalue weighted by atomic mass is 10.1.